The fourth-order valence-electron chi connectivity index (χ4n) is 6.17. The van der Waals surface area contributed by atoms with Gasteiger partial charge in [0.2, 0.25) is 5.88 Å². The van der Waals surface area contributed by atoms with Gasteiger partial charge in [0, 0.05) is 6.42 Å². The van der Waals surface area contributed by atoms with Crippen molar-refractivity contribution in [3.8, 4) is 17.4 Å². The van der Waals surface area contributed by atoms with Crippen LogP contribution in [0.2, 0.25) is 0 Å². The summed E-state index contributed by atoms with van der Waals surface area (Å²) in [6, 6.07) is 24.8. The lowest BCUT2D eigenvalue weighted by Gasteiger charge is -2.48. The molecule has 3 atom stereocenters. The minimum absolute atomic E-state index is 0.0569. The molecule has 3 N–H and O–H groups in total. The van der Waals surface area contributed by atoms with Gasteiger partial charge in [-0.25, -0.2) is 9.97 Å². The van der Waals surface area contributed by atoms with Gasteiger partial charge < -0.3 is 29.5 Å². The summed E-state index contributed by atoms with van der Waals surface area (Å²) in [4.78, 5) is 12.4. The van der Waals surface area contributed by atoms with E-state index in [-0.39, 0.29) is 17.8 Å². The molecule has 2 aromatic heterocycles. The predicted octanol–water partition coefficient (Wildman–Crippen LogP) is 3.59. The smallest absolute Gasteiger partial charge is 0.242 e. The number of methoxy groups -OCH3 is 2. The zero-order valence-electron chi connectivity index (χ0n) is 22.6. The van der Waals surface area contributed by atoms with E-state index in [1.165, 1.54) is 12.7 Å². The summed E-state index contributed by atoms with van der Waals surface area (Å²) in [6.45, 7) is -0.458. The zero-order chi connectivity index (χ0) is 28.6. The molecule has 1 saturated heterocycles. The molecule has 10 nitrogen and oxygen atoms in total. The molecule has 1 unspecified atom stereocenters. The fourth-order valence-corrected chi connectivity index (χ4v) is 6.17. The van der Waals surface area contributed by atoms with Crippen molar-refractivity contribution in [1.29, 1.82) is 0 Å². The van der Waals surface area contributed by atoms with E-state index in [1.54, 1.807) is 18.8 Å². The maximum atomic E-state index is 13.1. The molecule has 6 rings (SSSR count). The first kappa shape index (κ1) is 26.7. The van der Waals surface area contributed by atoms with Crippen LogP contribution >= 0.6 is 0 Å². The van der Waals surface area contributed by atoms with Gasteiger partial charge in [-0.3, -0.25) is 4.57 Å². The summed E-state index contributed by atoms with van der Waals surface area (Å²) in [6.07, 6.45) is 1.00. The Morgan fingerprint density at radius 1 is 0.878 bits per heavy atom. The maximum Gasteiger partial charge on any atom is 0.242 e. The van der Waals surface area contributed by atoms with Gasteiger partial charge in [0.25, 0.3) is 0 Å². The number of fused-ring (bicyclic) bond motifs is 1. The highest BCUT2D eigenvalue weighted by atomic mass is 16.5. The quantitative estimate of drug-likeness (QED) is 0.246. The third-order valence-electron chi connectivity index (χ3n) is 8.06. The molecule has 5 aromatic rings. The number of imidazole rings is 1. The molecule has 0 saturated carbocycles. The number of hydrogen-bond donors (Lipinski definition) is 3. The predicted molar refractivity (Wildman–Crippen MR) is 150 cm³/mol. The number of nitrogens with zero attached hydrogens (tertiary/aromatic N) is 4. The molecule has 3 aromatic carbocycles. The van der Waals surface area contributed by atoms with Crippen LogP contribution in [0.5, 0.6) is 17.4 Å². The Bertz CT molecular complexity index is 1590. The number of hydrogen-bond acceptors (Lipinski definition) is 9. The monoisotopic (exact) mass is 554 g/mol. The van der Waals surface area contributed by atoms with Crippen LogP contribution in [0.1, 0.15) is 29.3 Å². The van der Waals surface area contributed by atoms with E-state index in [0.29, 0.717) is 17.1 Å². The summed E-state index contributed by atoms with van der Waals surface area (Å²) < 4.78 is 19.0. The van der Waals surface area contributed by atoms with Gasteiger partial charge in [0.05, 0.1) is 32.6 Å². The Hall–Kier alpha value is -4.51. The molecular weight excluding hydrogens is 524 g/mol. The SMILES string of the molecule is COc1ccc(C(c2ccccc2)(c2ccc(OC)cc2)[C@]2(O)CC(n3cnc4c(O)ncnc43)O[C@@H]2CO)cc1. The minimum Gasteiger partial charge on any atom is -0.497 e. The Labute approximate surface area is 236 Å². The lowest BCUT2D eigenvalue weighted by atomic mass is 9.57. The molecule has 3 heterocycles. The normalized spacial score (nSPS) is 20.8. The van der Waals surface area contributed by atoms with Gasteiger partial charge in [-0.15, -0.1) is 0 Å². The second-order valence-corrected chi connectivity index (χ2v) is 9.98. The van der Waals surface area contributed by atoms with Crippen LogP contribution < -0.4 is 9.47 Å². The van der Waals surface area contributed by atoms with Gasteiger partial charge in [-0.1, -0.05) is 54.6 Å². The van der Waals surface area contributed by atoms with Crippen LogP contribution in [0.3, 0.4) is 0 Å². The van der Waals surface area contributed by atoms with Crippen molar-refractivity contribution in [3.63, 3.8) is 0 Å². The van der Waals surface area contributed by atoms with Crippen molar-refractivity contribution < 1.29 is 29.5 Å². The van der Waals surface area contributed by atoms with Gasteiger partial charge in [0.15, 0.2) is 11.2 Å². The fraction of sp³-hybridized carbons (Fsp3) is 0.258. The van der Waals surface area contributed by atoms with Crippen LogP contribution in [0.15, 0.2) is 91.5 Å². The van der Waals surface area contributed by atoms with Crippen molar-refractivity contribution in [2.24, 2.45) is 0 Å². The first-order valence-electron chi connectivity index (χ1n) is 13.2. The molecule has 1 aliphatic heterocycles. The van der Waals surface area contributed by atoms with E-state index < -0.39 is 30.0 Å². The maximum absolute atomic E-state index is 13.1. The molecule has 0 aliphatic carbocycles. The molecule has 0 amide bonds. The second kappa shape index (κ2) is 10.5. The first-order valence-corrected chi connectivity index (χ1v) is 13.2. The van der Waals surface area contributed by atoms with Crippen molar-refractivity contribution >= 4 is 11.2 Å². The number of aromatic nitrogens is 4. The number of rotatable bonds is 8. The number of aliphatic hydroxyl groups is 2. The summed E-state index contributed by atoms with van der Waals surface area (Å²) in [5.74, 6) is 1.08. The number of benzene rings is 3. The molecule has 0 bridgehead atoms. The third-order valence-corrected chi connectivity index (χ3v) is 8.06. The molecule has 1 aliphatic rings. The first-order chi connectivity index (χ1) is 20.0. The zero-order valence-corrected chi connectivity index (χ0v) is 22.6. The van der Waals surface area contributed by atoms with Crippen molar-refractivity contribution in [2.75, 3.05) is 20.8 Å². The van der Waals surface area contributed by atoms with Gasteiger partial charge in [0.1, 0.15) is 35.8 Å². The van der Waals surface area contributed by atoms with Gasteiger partial charge in [-0.2, -0.15) is 4.98 Å². The van der Waals surface area contributed by atoms with E-state index in [1.807, 2.05) is 78.9 Å². The highest BCUT2D eigenvalue weighted by molar-refractivity contribution is 5.75. The standard InChI is InChI=1S/C31H30N4O6/c1-39-23-12-8-21(9-13-23)31(20-6-4-3-5-7-20,22-10-14-24(40-2)15-11-22)30(38)16-26(41-25(30)17-36)35-19-34-27-28(35)32-18-33-29(27)37/h3-15,18-19,25-26,36,38H,16-17H2,1-2H3,(H,32,33,37)/t25-,26?,30+/m1/s1. The topological polar surface area (TPSA) is 132 Å². The van der Waals surface area contributed by atoms with E-state index >= 15 is 0 Å². The van der Waals surface area contributed by atoms with Crippen LogP contribution in [0.4, 0.5) is 0 Å². The second-order valence-electron chi connectivity index (χ2n) is 9.98. The van der Waals surface area contributed by atoms with E-state index in [2.05, 4.69) is 15.0 Å². The summed E-state index contributed by atoms with van der Waals surface area (Å²) in [5.41, 5.74) is 0.00134. The summed E-state index contributed by atoms with van der Waals surface area (Å²) >= 11 is 0. The average Bonchev–Trinajstić information content (AvgIpc) is 3.61. The lowest BCUT2D eigenvalue weighted by molar-refractivity contribution is -0.101. The number of aliphatic hydroxyl groups excluding tert-OH is 1. The van der Waals surface area contributed by atoms with Crippen LogP contribution in [0.25, 0.3) is 11.2 Å². The number of ether oxygens (including phenoxy) is 3. The van der Waals surface area contributed by atoms with E-state index in [0.717, 1.165) is 16.7 Å². The molecule has 1 fully saturated rings. The van der Waals surface area contributed by atoms with Crippen molar-refractivity contribution in [1.82, 2.24) is 19.5 Å². The highest BCUT2D eigenvalue weighted by Crippen LogP contribution is 2.56. The van der Waals surface area contributed by atoms with Crippen LogP contribution in [-0.2, 0) is 10.2 Å². The summed E-state index contributed by atoms with van der Waals surface area (Å²) in [7, 11) is 3.20. The Kier molecular flexibility index (Phi) is 6.82. The Balaban J connectivity index is 1.62. The molecule has 41 heavy (non-hydrogen) atoms. The number of aromatic hydroxyl groups is 1. The highest BCUT2D eigenvalue weighted by Gasteiger charge is 2.63. The average molecular weight is 555 g/mol. The lowest BCUT2D eigenvalue weighted by Crippen LogP contribution is -2.59. The molecule has 210 valence electrons. The molecule has 10 heteroatoms. The largest absolute Gasteiger partial charge is 0.497 e. The third kappa shape index (κ3) is 4.10. The Morgan fingerprint density at radius 2 is 1.46 bits per heavy atom. The van der Waals surface area contributed by atoms with Crippen molar-refractivity contribution in [2.45, 2.75) is 29.8 Å². The van der Waals surface area contributed by atoms with Crippen LogP contribution in [0, 0.1) is 0 Å². The van der Waals surface area contributed by atoms with E-state index in [4.69, 9.17) is 14.2 Å². The van der Waals surface area contributed by atoms with Crippen molar-refractivity contribution in [3.05, 3.63) is 108 Å². The minimum atomic E-state index is -1.69. The van der Waals surface area contributed by atoms with Crippen LogP contribution in [-0.4, -0.2) is 67.4 Å². The van der Waals surface area contributed by atoms with Gasteiger partial charge >= 0.3 is 0 Å². The van der Waals surface area contributed by atoms with E-state index in [9.17, 15) is 15.3 Å². The molecule has 0 spiro atoms. The molecule has 0 radical (unpaired) electrons. The Morgan fingerprint density at radius 3 is 2.02 bits per heavy atom. The van der Waals surface area contributed by atoms with Gasteiger partial charge in [-0.05, 0) is 41.0 Å². The molecular formula is C31H30N4O6. The summed E-state index contributed by atoms with van der Waals surface area (Å²) in [5, 5.41) is 34.0.